The van der Waals surface area contributed by atoms with Gasteiger partial charge in [0.1, 0.15) is 0 Å². The number of carbonyl (C=O) groups is 2. The molecule has 0 heterocycles. The van der Waals surface area contributed by atoms with Crippen molar-refractivity contribution in [3.8, 4) is 0 Å². The van der Waals surface area contributed by atoms with Crippen LogP contribution in [0.3, 0.4) is 0 Å². The van der Waals surface area contributed by atoms with Crippen molar-refractivity contribution in [1.82, 2.24) is 0 Å². The van der Waals surface area contributed by atoms with Gasteiger partial charge in [0.2, 0.25) is 5.91 Å². The average molecular weight is 355 g/mol. The summed E-state index contributed by atoms with van der Waals surface area (Å²) in [5.41, 5.74) is 2.57. The summed E-state index contributed by atoms with van der Waals surface area (Å²) in [7, 11) is 0. The first-order valence-corrected chi connectivity index (χ1v) is 9.51. The van der Waals surface area contributed by atoms with Crippen LogP contribution in [0, 0.1) is 0 Å². The number of carboxylic acids is 1. The van der Waals surface area contributed by atoms with E-state index in [4.69, 9.17) is 5.11 Å². The van der Waals surface area contributed by atoms with Crippen molar-refractivity contribution < 1.29 is 14.7 Å². The second-order valence-electron chi connectivity index (χ2n) is 6.30. The second kappa shape index (κ2) is 7.74. The lowest BCUT2D eigenvalue weighted by Crippen LogP contribution is -2.27. The molecule has 1 saturated carbocycles. The summed E-state index contributed by atoms with van der Waals surface area (Å²) in [6, 6.07) is 17.7. The van der Waals surface area contributed by atoms with Gasteiger partial charge in [0.05, 0.1) is 11.8 Å². The normalized spacial score (nSPS) is 14.7. The highest BCUT2D eigenvalue weighted by atomic mass is 32.2. The molecule has 2 aromatic carbocycles. The maximum absolute atomic E-state index is 12.8. The number of hydrogen-bond donors (Lipinski definition) is 2. The van der Waals surface area contributed by atoms with Crippen LogP contribution >= 0.6 is 11.8 Å². The maximum atomic E-state index is 12.8. The highest BCUT2D eigenvalue weighted by Crippen LogP contribution is 2.48. The van der Waals surface area contributed by atoms with Crippen molar-refractivity contribution >= 4 is 29.3 Å². The van der Waals surface area contributed by atoms with Gasteiger partial charge in [-0.15, -0.1) is 0 Å². The van der Waals surface area contributed by atoms with E-state index in [1.165, 1.54) is 0 Å². The van der Waals surface area contributed by atoms with E-state index in [0.29, 0.717) is 5.75 Å². The van der Waals surface area contributed by atoms with Gasteiger partial charge in [-0.05, 0) is 36.1 Å². The summed E-state index contributed by atoms with van der Waals surface area (Å²) in [5, 5.41) is 11.7. The molecule has 1 fully saturated rings. The summed E-state index contributed by atoms with van der Waals surface area (Å²) in [4.78, 5) is 23.3. The van der Waals surface area contributed by atoms with Gasteiger partial charge in [0.15, 0.2) is 0 Å². The van der Waals surface area contributed by atoms with Crippen LogP contribution in [0.25, 0.3) is 0 Å². The molecule has 0 radical (unpaired) electrons. The second-order valence-corrected chi connectivity index (χ2v) is 7.40. The zero-order valence-corrected chi connectivity index (χ0v) is 14.7. The summed E-state index contributed by atoms with van der Waals surface area (Å²) in [6.45, 7) is 0. The standard InChI is InChI=1S/C20H21NO3S/c22-18(23)9-12-25-14-15-5-4-8-17(13-15)21-19(24)20(10-11-20)16-6-2-1-3-7-16/h1-8,13H,9-12,14H2,(H,21,24)(H,22,23). The molecule has 0 spiro atoms. The molecule has 0 saturated heterocycles. The first kappa shape index (κ1) is 17.5. The number of aliphatic carboxylic acids is 1. The molecule has 0 aliphatic heterocycles. The Kier molecular flexibility index (Phi) is 5.43. The smallest absolute Gasteiger partial charge is 0.304 e. The number of thioether (sulfide) groups is 1. The van der Waals surface area contributed by atoms with Gasteiger partial charge in [-0.1, -0.05) is 42.5 Å². The van der Waals surface area contributed by atoms with Crippen molar-refractivity contribution in [2.75, 3.05) is 11.1 Å². The van der Waals surface area contributed by atoms with Gasteiger partial charge in [-0.25, -0.2) is 0 Å². The number of hydrogen-bond acceptors (Lipinski definition) is 3. The average Bonchev–Trinajstić information content (AvgIpc) is 3.42. The van der Waals surface area contributed by atoms with E-state index in [9.17, 15) is 9.59 Å². The Morgan fingerprint density at radius 3 is 2.52 bits per heavy atom. The molecule has 2 N–H and O–H groups in total. The van der Waals surface area contributed by atoms with Crippen molar-refractivity contribution in [2.45, 2.75) is 30.4 Å². The zero-order valence-electron chi connectivity index (χ0n) is 13.9. The van der Waals surface area contributed by atoms with Gasteiger partial charge < -0.3 is 10.4 Å². The van der Waals surface area contributed by atoms with Crippen molar-refractivity contribution in [2.24, 2.45) is 0 Å². The fraction of sp³-hybridized carbons (Fsp3) is 0.300. The highest BCUT2D eigenvalue weighted by molar-refractivity contribution is 7.98. The minimum Gasteiger partial charge on any atom is -0.481 e. The third kappa shape index (κ3) is 4.42. The molecule has 1 amide bonds. The number of carbonyl (C=O) groups excluding carboxylic acids is 1. The molecule has 2 aromatic rings. The molecule has 0 aromatic heterocycles. The Hall–Kier alpha value is -2.27. The Bertz CT molecular complexity index is 757. The quantitative estimate of drug-likeness (QED) is 0.701. The van der Waals surface area contributed by atoms with Crippen LogP contribution in [0.1, 0.15) is 30.4 Å². The van der Waals surface area contributed by atoms with Gasteiger partial charge in [0, 0.05) is 17.2 Å². The van der Waals surface area contributed by atoms with Crippen molar-refractivity contribution in [3.05, 3.63) is 65.7 Å². The number of rotatable bonds is 8. The molecule has 4 nitrogen and oxygen atoms in total. The van der Waals surface area contributed by atoms with Gasteiger partial charge in [-0.3, -0.25) is 9.59 Å². The summed E-state index contributed by atoms with van der Waals surface area (Å²) in [5.74, 6) is 0.600. The molecule has 1 aliphatic carbocycles. The fourth-order valence-corrected chi connectivity index (χ4v) is 3.75. The Balaban J connectivity index is 1.60. The fourth-order valence-electron chi connectivity index (χ4n) is 2.87. The van der Waals surface area contributed by atoms with E-state index in [1.807, 2.05) is 54.6 Å². The molecular weight excluding hydrogens is 334 g/mol. The van der Waals surface area contributed by atoms with E-state index < -0.39 is 5.97 Å². The van der Waals surface area contributed by atoms with E-state index in [-0.39, 0.29) is 17.7 Å². The predicted octanol–water partition coefficient (Wildman–Crippen LogP) is 4.06. The van der Waals surface area contributed by atoms with Gasteiger partial charge >= 0.3 is 5.97 Å². The lowest BCUT2D eigenvalue weighted by atomic mass is 9.95. The summed E-state index contributed by atoms with van der Waals surface area (Å²) in [6.07, 6.45) is 1.93. The molecule has 0 bridgehead atoms. The molecule has 0 unspecified atom stereocenters. The van der Waals surface area contributed by atoms with Crippen LogP contribution in [0.4, 0.5) is 5.69 Å². The van der Waals surface area contributed by atoms with Crippen molar-refractivity contribution in [1.29, 1.82) is 0 Å². The van der Waals surface area contributed by atoms with Crippen LogP contribution in [0.2, 0.25) is 0 Å². The van der Waals surface area contributed by atoms with Crippen LogP contribution in [-0.4, -0.2) is 22.7 Å². The number of carboxylic acid groups (broad SMARTS) is 1. The third-order valence-electron chi connectivity index (χ3n) is 4.42. The summed E-state index contributed by atoms with van der Waals surface area (Å²) < 4.78 is 0. The summed E-state index contributed by atoms with van der Waals surface area (Å²) >= 11 is 1.58. The minimum absolute atomic E-state index is 0.0504. The number of amides is 1. The van der Waals surface area contributed by atoms with E-state index >= 15 is 0 Å². The monoisotopic (exact) mass is 355 g/mol. The van der Waals surface area contributed by atoms with E-state index in [0.717, 1.165) is 35.4 Å². The van der Waals surface area contributed by atoms with Crippen LogP contribution in [-0.2, 0) is 20.8 Å². The minimum atomic E-state index is -0.774. The first-order valence-electron chi connectivity index (χ1n) is 8.36. The van der Waals surface area contributed by atoms with E-state index in [2.05, 4.69) is 5.32 Å². The van der Waals surface area contributed by atoms with Crippen LogP contribution in [0.5, 0.6) is 0 Å². The maximum Gasteiger partial charge on any atom is 0.304 e. The van der Waals surface area contributed by atoms with Crippen LogP contribution < -0.4 is 5.32 Å². The molecule has 25 heavy (non-hydrogen) atoms. The topological polar surface area (TPSA) is 66.4 Å². The van der Waals surface area contributed by atoms with Crippen molar-refractivity contribution in [3.63, 3.8) is 0 Å². The Labute approximate surface area is 151 Å². The molecular formula is C20H21NO3S. The Morgan fingerprint density at radius 2 is 1.84 bits per heavy atom. The largest absolute Gasteiger partial charge is 0.481 e. The zero-order chi connectivity index (χ0) is 17.7. The highest BCUT2D eigenvalue weighted by Gasteiger charge is 2.51. The number of nitrogens with one attached hydrogen (secondary N) is 1. The van der Waals surface area contributed by atoms with Gasteiger partial charge in [-0.2, -0.15) is 11.8 Å². The predicted molar refractivity (Wildman–Crippen MR) is 101 cm³/mol. The lowest BCUT2D eigenvalue weighted by molar-refractivity contribution is -0.136. The first-order chi connectivity index (χ1) is 12.1. The molecule has 3 rings (SSSR count). The molecule has 1 aliphatic rings. The molecule has 130 valence electrons. The molecule has 5 heteroatoms. The number of anilines is 1. The third-order valence-corrected chi connectivity index (χ3v) is 5.46. The number of benzene rings is 2. The lowest BCUT2D eigenvalue weighted by Gasteiger charge is -2.16. The van der Waals surface area contributed by atoms with E-state index in [1.54, 1.807) is 11.8 Å². The Morgan fingerprint density at radius 1 is 1.08 bits per heavy atom. The van der Waals surface area contributed by atoms with Gasteiger partial charge in [0.25, 0.3) is 0 Å². The SMILES string of the molecule is O=C(O)CCSCc1cccc(NC(=O)C2(c3ccccc3)CC2)c1. The van der Waals surface area contributed by atoms with Crippen LogP contribution in [0.15, 0.2) is 54.6 Å². The molecule has 0 atom stereocenters.